The third-order valence-electron chi connectivity index (χ3n) is 2.51. The van der Waals surface area contributed by atoms with Crippen LogP contribution in [0.15, 0.2) is 36.4 Å². The molecule has 98 valence electrons. The summed E-state index contributed by atoms with van der Waals surface area (Å²) in [4.78, 5) is 0. The van der Waals surface area contributed by atoms with Crippen molar-refractivity contribution in [3.63, 3.8) is 0 Å². The Morgan fingerprint density at radius 2 is 1.74 bits per heavy atom. The van der Waals surface area contributed by atoms with E-state index in [0.717, 1.165) is 0 Å². The first-order valence-electron chi connectivity index (χ1n) is 5.35. The average Bonchev–Trinajstić information content (AvgIpc) is 2.33. The molecule has 0 spiro atoms. The van der Waals surface area contributed by atoms with Crippen molar-refractivity contribution in [3.05, 3.63) is 69.2 Å². The van der Waals surface area contributed by atoms with Gasteiger partial charge in [0.15, 0.2) is 0 Å². The van der Waals surface area contributed by atoms with Crippen LogP contribution in [0.25, 0.3) is 11.8 Å². The second-order valence-corrected chi connectivity index (χ2v) is 4.74. The molecule has 0 aliphatic rings. The van der Waals surface area contributed by atoms with Crippen LogP contribution in [0.1, 0.15) is 11.1 Å². The lowest BCUT2D eigenvalue weighted by Gasteiger charge is -2.05. The van der Waals surface area contributed by atoms with Gasteiger partial charge in [0, 0.05) is 16.3 Å². The van der Waals surface area contributed by atoms with Gasteiger partial charge in [-0.1, -0.05) is 29.3 Å². The fraction of sp³-hybridized carbons (Fsp3) is 0. The monoisotopic (exact) mass is 299 g/mol. The Balaban J connectivity index is 2.39. The molecule has 0 aromatic heterocycles. The van der Waals surface area contributed by atoms with Gasteiger partial charge in [-0.05, 0) is 42.0 Å². The predicted molar refractivity (Wildman–Crippen MR) is 74.9 cm³/mol. The Hall–Kier alpha value is -1.58. The quantitative estimate of drug-likeness (QED) is 0.797. The Morgan fingerprint density at radius 3 is 2.37 bits per heavy atom. The second-order valence-electron chi connectivity index (χ2n) is 3.90. The maximum atomic E-state index is 13.7. The van der Waals surface area contributed by atoms with Crippen molar-refractivity contribution < 1.29 is 8.78 Å². The van der Waals surface area contributed by atoms with E-state index in [4.69, 9.17) is 28.9 Å². The van der Waals surface area contributed by atoms with E-state index < -0.39 is 11.6 Å². The molecule has 0 radical (unpaired) electrons. The lowest BCUT2D eigenvalue weighted by Crippen LogP contribution is -1.99. The topological polar surface area (TPSA) is 26.0 Å². The molecule has 2 rings (SSSR count). The molecule has 19 heavy (non-hydrogen) atoms. The summed E-state index contributed by atoms with van der Waals surface area (Å²) >= 11 is 11.3. The molecule has 5 heteroatoms. The van der Waals surface area contributed by atoms with Crippen LogP contribution in [0.2, 0.25) is 10.0 Å². The van der Waals surface area contributed by atoms with E-state index in [2.05, 4.69) is 0 Å². The Bertz CT molecular complexity index is 654. The molecule has 0 saturated heterocycles. The predicted octanol–water partition coefficient (Wildman–Crippen LogP) is 4.73. The number of hydrogen-bond acceptors (Lipinski definition) is 1. The van der Waals surface area contributed by atoms with E-state index >= 15 is 0 Å². The van der Waals surface area contributed by atoms with Gasteiger partial charge >= 0.3 is 0 Å². The van der Waals surface area contributed by atoms with Gasteiger partial charge in [-0.25, -0.2) is 8.78 Å². The molecule has 0 saturated carbocycles. The van der Waals surface area contributed by atoms with Gasteiger partial charge in [0.05, 0.1) is 5.02 Å². The van der Waals surface area contributed by atoms with Crippen LogP contribution in [0.4, 0.5) is 8.78 Å². The lowest BCUT2D eigenvalue weighted by atomic mass is 10.1. The van der Waals surface area contributed by atoms with Gasteiger partial charge in [-0.2, -0.15) is 0 Å². The van der Waals surface area contributed by atoms with Gasteiger partial charge in [0.1, 0.15) is 11.6 Å². The molecule has 0 amide bonds. The molecule has 2 aromatic rings. The van der Waals surface area contributed by atoms with Gasteiger partial charge in [-0.3, -0.25) is 0 Å². The highest BCUT2D eigenvalue weighted by Gasteiger charge is 2.06. The smallest absolute Gasteiger partial charge is 0.141 e. The summed E-state index contributed by atoms with van der Waals surface area (Å²) in [6.07, 6.45) is 1.51. The number of nitrogens with two attached hydrogens (primary N) is 1. The Kier molecular flexibility index (Phi) is 4.08. The van der Waals surface area contributed by atoms with Crippen molar-refractivity contribution in [2.75, 3.05) is 0 Å². The zero-order chi connectivity index (χ0) is 14.0. The van der Waals surface area contributed by atoms with E-state index in [1.54, 1.807) is 0 Å². The van der Waals surface area contributed by atoms with Crippen molar-refractivity contribution in [3.8, 4) is 0 Å². The second kappa shape index (κ2) is 5.59. The summed E-state index contributed by atoms with van der Waals surface area (Å²) in [5, 5.41) is 0.275. The fourth-order valence-electron chi connectivity index (χ4n) is 1.58. The molecular weight excluding hydrogens is 291 g/mol. The van der Waals surface area contributed by atoms with Crippen molar-refractivity contribution >= 4 is 35.0 Å². The number of rotatable bonds is 2. The summed E-state index contributed by atoms with van der Waals surface area (Å²) in [6, 6.07) is 8.33. The van der Waals surface area contributed by atoms with Crippen LogP contribution >= 0.6 is 23.2 Å². The highest BCUT2D eigenvalue weighted by atomic mass is 35.5. The fourth-order valence-corrected chi connectivity index (χ4v) is 1.93. The minimum atomic E-state index is -0.519. The van der Waals surface area contributed by atoms with Crippen LogP contribution in [0, 0.1) is 11.6 Å². The van der Waals surface area contributed by atoms with E-state index in [1.807, 2.05) is 0 Å². The van der Waals surface area contributed by atoms with Crippen molar-refractivity contribution in [1.82, 2.24) is 0 Å². The first-order chi connectivity index (χ1) is 8.97. The first kappa shape index (κ1) is 13.8. The summed E-state index contributed by atoms with van der Waals surface area (Å²) in [5.41, 5.74) is 6.82. The average molecular weight is 300 g/mol. The molecule has 0 bridgehead atoms. The summed E-state index contributed by atoms with van der Waals surface area (Å²) in [6.45, 7) is 0. The van der Waals surface area contributed by atoms with Crippen molar-refractivity contribution in [2.45, 2.75) is 0 Å². The molecule has 2 aromatic carbocycles. The molecule has 0 unspecified atom stereocenters. The molecule has 0 aliphatic heterocycles. The highest BCUT2D eigenvalue weighted by molar-refractivity contribution is 6.31. The molecule has 0 heterocycles. The van der Waals surface area contributed by atoms with Gasteiger partial charge in [0.25, 0.3) is 0 Å². The molecule has 0 atom stereocenters. The van der Waals surface area contributed by atoms with Crippen LogP contribution < -0.4 is 5.73 Å². The molecule has 0 fully saturated rings. The van der Waals surface area contributed by atoms with Crippen LogP contribution in [0.3, 0.4) is 0 Å². The maximum absolute atomic E-state index is 13.7. The van der Waals surface area contributed by atoms with Crippen molar-refractivity contribution in [1.29, 1.82) is 0 Å². The number of benzene rings is 2. The molecular formula is C14H9Cl2F2N. The zero-order valence-electron chi connectivity index (χ0n) is 9.63. The minimum absolute atomic E-state index is 0.0156. The van der Waals surface area contributed by atoms with Crippen molar-refractivity contribution in [2.24, 2.45) is 5.73 Å². The molecule has 1 nitrogen and oxygen atoms in total. The van der Waals surface area contributed by atoms with Crippen LogP contribution in [0.5, 0.6) is 0 Å². The largest absolute Gasteiger partial charge is 0.398 e. The van der Waals surface area contributed by atoms with Gasteiger partial charge < -0.3 is 5.73 Å². The molecule has 0 aliphatic carbocycles. The third-order valence-corrected chi connectivity index (χ3v) is 3.03. The maximum Gasteiger partial charge on any atom is 0.141 e. The van der Waals surface area contributed by atoms with Gasteiger partial charge in [-0.15, -0.1) is 0 Å². The normalized spacial score (nSPS) is 11.7. The minimum Gasteiger partial charge on any atom is -0.398 e. The molecule has 2 N–H and O–H groups in total. The number of hydrogen-bond donors (Lipinski definition) is 1. The van der Waals surface area contributed by atoms with Gasteiger partial charge in [0.2, 0.25) is 0 Å². The van der Waals surface area contributed by atoms with Crippen LogP contribution in [-0.2, 0) is 0 Å². The standard InChI is InChI=1S/C14H9Cl2F2N/c15-9-2-3-10(13(18)7-9)14(19)6-8-1-4-12(17)11(16)5-8/h1-7H,19H2/b14-6-. The van der Waals surface area contributed by atoms with E-state index in [1.165, 1.54) is 42.5 Å². The summed E-state index contributed by atoms with van der Waals surface area (Å²) in [7, 11) is 0. The zero-order valence-corrected chi connectivity index (χ0v) is 11.1. The number of halogens is 4. The van der Waals surface area contributed by atoms with Crippen LogP contribution in [-0.4, -0.2) is 0 Å². The first-order valence-corrected chi connectivity index (χ1v) is 6.10. The highest BCUT2D eigenvalue weighted by Crippen LogP contribution is 2.22. The van der Waals surface area contributed by atoms with E-state index in [-0.39, 0.29) is 16.3 Å². The third kappa shape index (κ3) is 3.25. The van der Waals surface area contributed by atoms with E-state index in [9.17, 15) is 8.78 Å². The lowest BCUT2D eigenvalue weighted by molar-refractivity contribution is 0.624. The Labute approximate surface area is 119 Å². The van der Waals surface area contributed by atoms with E-state index in [0.29, 0.717) is 10.6 Å². The summed E-state index contributed by atoms with van der Waals surface area (Å²) in [5.74, 6) is -1.04. The summed E-state index contributed by atoms with van der Waals surface area (Å²) < 4.78 is 26.7. The Morgan fingerprint density at radius 1 is 1.00 bits per heavy atom. The SMILES string of the molecule is N/C(=C\c1ccc(F)c(Cl)c1)c1ccc(Cl)cc1F.